The molecule has 0 aliphatic carbocycles. The highest BCUT2D eigenvalue weighted by Crippen LogP contribution is 2.44. The normalized spacial score (nSPS) is 17.9. The molecule has 0 saturated carbocycles. The summed E-state index contributed by atoms with van der Waals surface area (Å²) in [4.78, 5) is 8.43. The van der Waals surface area contributed by atoms with Gasteiger partial charge in [-0.25, -0.2) is 0 Å². The van der Waals surface area contributed by atoms with Crippen LogP contribution < -0.4 is 0 Å². The molecule has 0 saturated heterocycles. The van der Waals surface area contributed by atoms with Gasteiger partial charge in [0.05, 0.1) is 6.61 Å². The summed E-state index contributed by atoms with van der Waals surface area (Å²) in [7, 11) is -4.15. The highest BCUT2D eigenvalue weighted by molar-refractivity contribution is 7.53. The average Bonchev–Trinajstić information content (AvgIpc) is 1.65. The van der Waals surface area contributed by atoms with Crippen LogP contribution in [0.2, 0.25) is 0 Å². The minimum atomic E-state index is -4.15. The molecule has 0 spiro atoms. The lowest BCUT2D eigenvalue weighted by molar-refractivity contribution is 0.00373. The predicted octanol–water partition coefficient (Wildman–Crippen LogP) is -0.523. The van der Waals surface area contributed by atoms with Crippen molar-refractivity contribution in [2.24, 2.45) is 0 Å². The first-order valence-corrected chi connectivity index (χ1v) is 3.98. The van der Waals surface area contributed by atoms with Gasteiger partial charge in [0.1, 0.15) is 0 Å². The molecular weight excluding hydrogens is 147 g/mol. The molecule has 1 unspecified atom stereocenters. The Morgan fingerprint density at radius 3 is 2.22 bits per heavy atom. The van der Waals surface area contributed by atoms with Crippen molar-refractivity contribution < 1.29 is 24.2 Å². The molecule has 0 fully saturated rings. The van der Waals surface area contributed by atoms with E-state index in [0.29, 0.717) is 0 Å². The predicted molar refractivity (Wildman–Crippen MR) is 29.7 cm³/mol. The van der Waals surface area contributed by atoms with Gasteiger partial charge in [-0.15, -0.1) is 0 Å². The van der Waals surface area contributed by atoms with E-state index in [1.54, 1.807) is 0 Å². The first-order valence-electron chi connectivity index (χ1n) is 2.34. The molecule has 5 nitrogen and oxygen atoms in total. The molecule has 0 heterocycles. The quantitative estimate of drug-likeness (QED) is 0.378. The van der Waals surface area contributed by atoms with Crippen molar-refractivity contribution in [1.29, 1.82) is 0 Å². The van der Waals surface area contributed by atoms with E-state index in [-0.39, 0.29) is 6.61 Å². The van der Waals surface area contributed by atoms with Gasteiger partial charge < -0.3 is 19.6 Å². The van der Waals surface area contributed by atoms with E-state index in [2.05, 4.69) is 4.52 Å². The Bertz CT molecular complexity index is 121. The molecule has 56 valence electrons. The van der Waals surface area contributed by atoms with Crippen LogP contribution in [0.25, 0.3) is 0 Å². The lowest BCUT2D eigenvalue weighted by Gasteiger charge is -2.10. The summed E-state index contributed by atoms with van der Waals surface area (Å²) in [6, 6.07) is -2.29. The van der Waals surface area contributed by atoms with Crippen molar-refractivity contribution in [2.75, 3.05) is 6.61 Å². The molecule has 0 aliphatic heterocycles. The molecule has 0 radical (unpaired) electrons. The molecule has 1 atom stereocenters. The van der Waals surface area contributed by atoms with E-state index >= 15 is 0 Å². The molecule has 0 aliphatic rings. The number of aliphatic hydroxyl groups excluding tert-OH is 1. The van der Waals surface area contributed by atoms with Crippen LogP contribution in [-0.4, -0.2) is 27.7 Å². The zero-order valence-electron chi connectivity index (χ0n) is 4.89. The molecule has 3 N–H and O–H groups in total. The Morgan fingerprint density at radius 1 is 1.67 bits per heavy atom. The van der Waals surface area contributed by atoms with Gasteiger partial charge in [0.15, 0.2) is 0 Å². The molecule has 0 aromatic rings. The van der Waals surface area contributed by atoms with Crippen LogP contribution in [0.3, 0.4) is 0 Å². The lowest BCUT2D eigenvalue weighted by atomic mass is 10.9. The largest absolute Gasteiger partial charge is 0.383 e. The maximum absolute atomic E-state index is 10.3. The summed E-state index contributed by atoms with van der Waals surface area (Å²) in [6.07, 6.45) is 0. The second kappa shape index (κ2) is 3.29. The Labute approximate surface area is 52.4 Å². The van der Waals surface area contributed by atoms with E-state index in [4.69, 9.17) is 15.1 Å². The Kier molecular flexibility index (Phi) is 3.32. The molecule has 0 rings (SSSR count). The Balaban J connectivity index is 3.87. The molecule has 6 heteroatoms. The number of aliphatic hydroxyl groups is 2. The van der Waals surface area contributed by atoms with Gasteiger partial charge in [0, 0.05) is 0 Å². The third-order valence-corrected chi connectivity index (χ3v) is 1.82. The zero-order chi connectivity index (χ0) is 7.49. The summed E-state index contributed by atoms with van der Waals surface area (Å²) < 4.78 is 14.4. The van der Waals surface area contributed by atoms with Crippen LogP contribution in [0.15, 0.2) is 0 Å². The van der Waals surface area contributed by atoms with Crippen LogP contribution in [0.4, 0.5) is 0 Å². The van der Waals surface area contributed by atoms with Gasteiger partial charge in [-0.3, -0.25) is 4.57 Å². The number of hydrogen-bond donors (Lipinski definition) is 3. The third-order valence-electron chi connectivity index (χ3n) is 0.606. The van der Waals surface area contributed by atoms with Crippen molar-refractivity contribution in [3.63, 3.8) is 0 Å². The van der Waals surface area contributed by atoms with Crippen LogP contribution in [-0.2, 0) is 9.09 Å². The monoisotopic (exact) mass is 156 g/mol. The summed E-state index contributed by atoms with van der Waals surface area (Å²) in [5.41, 5.74) is 0. The van der Waals surface area contributed by atoms with Gasteiger partial charge >= 0.3 is 7.60 Å². The highest BCUT2D eigenvalue weighted by atomic mass is 31.2. The van der Waals surface area contributed by atoms with Gasteiger partial charge in [-0.2, -0.15) is 0 Å². The first-order chi connectivity index (χ1) is 4.00. The fraction of sp³-hybridized carbons (Fsp3) is 1.00. The standard InChI is InChI=1S/C3H9O5P/c1-2-8-9(6,7)3(4)5/h3-5H,2H2,1H3,(H,6,7). The van der Waals surface area contributed by atoms with Crippen molar-refractivity contribution in [3.05, 3.63) is 0 Å². The summed E-state index contributed by atoms with van der Waals surface area (Å²) >= 11 is 0. The smallest absolute Gasteiger partial charge is 0.359 e. The SMILES string of the molecule is CCOP(=O)(O)C(O)O. The van der Waals surface area contributed by atoms with E-state index in [1.165, 1.54) is 6.92 Å². The van der Waals surface area contributed by atoms with Crippen LogP contribution in [0.5, 0.6) is 0 Å². The summed E-state index contributed by atoms with van der Waals surface area (Å²) in [5.74, 6) is 0. The number of rotatable bonds is 3. The lowest BCUT2D eigenvalue weighted by Crippen LogP contribution is -2.07. The van der Waals surface area contributed by atoms with E-state index in [1.807, 2.05) is 0 Å². The highest BCUT2D eigenvalue weighted by Gasteiger charge is 2.27. The van der Waals surface area contributed by atoms with Gasteiger partial charge in [0.25, 0.3) is 6.03 Å². The molecule has 9 heavy (non-hydrogen) atoms. The molecule has 0 bridgehead atoms. The Morgan fingerprint density at radius 2 is 2.11 bits per heavy atom. The van der Waals surface area contributed by atoms with Gasteiger partial charge in [0.2, 0.25) is 0 Å². The van der Waals surface area contributed by atoms with E-state index < -0.39 is 13.6 Å². The van der Waals surface area contributed by atoms with Crippen molar-refractivity contribution in [1.82, 2.24) is 0 Å². The summed E-state index contributed by atoms with van der Waals surface area (Å²) in [5, 5.41) is 16.3. The topological polar surface area (TPSA) is 87.0 Å². The molecule has 0 aromatic carbocycles. The maximum atomic E-state index is 10.3. The molecule has 0 amide bonds. The fourth-order valence-electron chi connectivity index (χ4n) is 0.252. The number of hydrogen-bond acceptors (Lipinski definition) is 4. The Hall–Kier alpha value is 0.0700. The fourth-order valence-corrected chi connectivity index (χ4v) is 0.755. The first kappa shape index (κ1) is 9.07. The van der Waals surface area contributed by atoms with E-state index in [9.17, 15) is 4.57 Å². The maximum Gasteiger partial charge on any atom is 0.383 e. The van der Waals surface area contributed by atoms with Crippen LogP contribution >= 0.6 is 7.60 Å². The van der Waals surface area contributed by atoms with Gasteiger partial charge in [-0.1, -0.05) is 0 Å². The zero-order valence-corrected chi connectivity index (χ0v) is 5.78. The van der Waals surface area contributed by atoms with Crippen molar-refractivity contribution in [3.8, 4) is 0 Å². The van der Waals surface area contributed by atoms with Crippen molar-refractivity contribution >= 4 is 7.60 Å². The molecular formula is C3H9O5P. The van der Waals surface area contributed by atoms with Crippen LogP contribution in [0.1, 0.15) is 6.92 Å². The van der Waals surface area contributed by atoms with Crippen molar-refractivity contribution in [2.45, 2.75) is 13.0 Å². The van der Waals surface area contributed by atoms with E-state index in [0.717, 1.165) is 0 Å². The second-order valence-corrected chi connectivity index (χ2v) is 3.18. The second-order valence-electron chi connectivity index (χ2n) is 1.33. The average molecular weight is 156 g/mol. The minimum Gasteiger partial charge on any atom is -0.359 e. The van der Waals surface area contributed by atoms with Crippen LogP contribution in [0, 0.1) is 0 Å². The minimum absolute atomic E-state index is 0.0224. The summed E-state index contributed by atoms with van der Waals surface area (Å²) in [6.45, 7) is 1.46. The van der Waals surface area contributed by atoms with Gasteiger partial charge in [-0.05, 0) is 6.92 Å². The third kappa shape index (κ3) is 2.93. The molecule has 0 aromatic heterocycles.